The number of hydrogen-bond donors (Lipinski definition) is 0. The number of allylic oxidation sites excluding steroid dienone is 2. The second-order valence-electron chi connectivity index (χ2n) is 16.4. The van der Waals surface area contributed by atoms with Crippen molar-refractivity contribution in [1.82, 2.24) is 0 Å². The Morgan fingerprint density at radius 1 is 0.500 bits per heavy atom. The zero-order chi connectivity index (χ0) is 39.0. The molecule has 0 bridgehead atoms. The zero-order valence-corrected chi connectivity index (χ0v) is 39.0. The Labute approximate surface area is 344 Å². The van der Waals surface area contributed by atoms with Crippen molar-refractivity contribution >= 4 is 52.3 Å². The van der Waals surface area contributed by atoms with E-state index in [1.165, 1.54) is 103 Å². The van der Waals surface area contributed by atoms with Gasteiger partial charge in [-0.3, -0.25) is 0 Å². The van der Waals surface area contributed by atoms with E-state index in [4.69, 9.17) is 0 Å². The van der Waals surface area contributed by atoms with Gasteiger partial charge in [0.15, 0.2) is 0 Å². The van der Waals surface area contributed by atoms with Crippen molar-refractivity contribution in [3.05, 3.63) is 171 Å². The standard InChI is InChI=1S/2C20H21.C12H9Si.2ClH.Zr/c2*1-4-15-12-17-11-10-14(3)20(19(17)13-15)18-9-7-6-8-16(18)5-2;1-3-7-11-9(5-1)10-6-2-4-8-12(10)13-11;;;/h2*6-13H,4-5H2,1-3H3;1-7H,13H2;2*1H;/q;;;;;+2/p-2. The van der Waals surface area contributed by atoms with Crippen molar-refractivity contribution in [3.8, 4) is 33.4 Å². The first-order valence-corrected chi connectivity index (χ1v) is 32.6. The maximum absolute atomic E-state index is 9.27. The molecule has 2 atom stereocenters. The van der Waals surface area contributed by atoms with Crippen LogP contribution in [0.25, 0.3) is 45.5 Å². The first kappa shape index (κ1) is 38.0. The van der Waals surface area contributed by atoms with Crippen LogP contribution in [0.5, 0.6) is 0 Å². The molecule has 56 heavy (non-hydrogen) atoms. The van der Waals surface area contributed by atoms with Gasteiger partial charge in [-0.05, 0) is 0 Å². The average Bonchev–Trinajstić information content (AvgIpc) is 3.93. The van der Waals surface area contributed by atoms with Crippen LogP contribution in [-0.4, -0.2) is 9.52 Å². The van der Waals surface area contributed by atoms with E-state index in [1.807, 2.05) is 0 Å². The summed E-state index contributed by atoms with van der Waals surface area (Å²) in [6.45, 7) is 13.7. The molecule has 2 aliphatic carbocycles. The molecule has 0 radical (unpaired) electrons. The van der Waals surface area contributed by atoms with E-state index >= 15 is 0 Å². The summed E-state index contributed by atoms with van der Waals surface area (Å²) in [5.74, 6) is 0. The molecule has 4 heteroatoms. The number of fused-ring (bicyclic) bond motifs is 5. The first-order chi connectivity index (χ1) is 27.1. The van der Waals surface area contributed by atoms with Gasteiger partial charge < -0.3 is 0 Å². The molecule has 6 aromatic rings. The molecule has 0 nitrogen and oxygen atoms in total. The molecule has 0 N–H and O–H groups in total. The fourth-order valence-corrected chi connectivity index (χ4v) is 39.3. The molecule has 2 unspecified atom stereocenters. The Hall–Kier alpha value is -3.52. The molecule has 0 spiro atoms. The summed E-state index contributed by atoms with van der Waals surface area (Å²) >= 11 is -5.56. The van der Waals surface area contributed by atoms with Gasteiger partial charge in [-0.1, -0.05) is 0 Å². The van der Waals surface area contributed by atoms with Crippen LogP contribution in [0.4, 0.5) is 0 Å². The second-order valence-corrected chi connectivity index (χ2v) is 38.8. The minimum atomic E-state index is -5.56. The summed E-state index contributed by atoms with van der Waals surface area (Å²) in [4.78, 5) is 0. The SMILES string of the molecule is CCC1=Cc2c(ccc(C)c2-c2ccccc2CC)[CH]1[Zr]([Cl])([Cl])([c]1cccc2c1[SiH2]c1ccccc1-2)[CH]1C(CC)=Cc2c1ccc(C)c2-c1ccccc1CC. The topological polar surface area (TPSA) is 0 Å². The van der Waals surface area contributed by atoms with E-state index < -0.39 is 25.9 Å². The van der Waals surface area contributed by atoms with Crippen LogP contribution in [0, 0.1) is 13.8 Å². The summed E-state index contributed by atoms with van der Waals surface area (Å²) < 4.78 is 1.16. The van der Waals surface area contributed by atoms with Crippen LogP contribution < -0.4 is 13.6 Å². The minimum absolute atomic E-state index is 0.0734. The van der Waals surface area contributed by atoms with Gasteiger partial charge in [-0.25, -0.2) is 0 Å². The van der Waals surface area contributed by atoms with Crippen LogP contribution in [0.2, 0.25) is 0 Å². The molecule has 0 aromatic heterocycles. The van der Waals surface area contributed by atoms with E-state index in [0.29, 0.717) is 0 Å². The third-order valence-corrected chi connectivity index (χ3v) is 36.4. The maximum atomic E-state index is 9.27. The molecule has 6 aromatic carbocycles. The summed E-state index contributed by atoms with van der Waals surface area (Å²) in [6.07, 6.45) is 8.80. The van der Waals surface area contributed by atoms with E-state index in [2.05, 4.69) is 169 Å². The third kappa shape index (κ3) is 5.53. The number of rotatable bonds is 9. The molecular weight excluding hydrogens is 815 g/mol. The Morgan fingerprint density at radius 2 is 0.964 bits per heavy atom. The van der Waals surface area contributed by atoms with Crippen molar-refractivity contribution in [2.24, 2.45) is 0 Å². The molecular formula is C52H51Cl2SiZr. The number of hydrogen-bond acceptors (Lipinski definition) is 0. The summed E-state index contributed by atoms with van der Waals surface area (Å²) in [6, 6.07) is 43.5. The summed E-state index contributed by atoms with van der Waals surface area (Å²) in [7, 11) is 17.7. The Morgan fingerprint density at radius 3 is 1.46 bits per heavy atom. The fourth-order valence-electron chi connectivity index (χ4n) is 11.0. The van der Waals surface area contributed by atoms with Crippen molar-refractivity contribution < 1.29 is 16.4 Å². The average molecular weight is 866 g/mol. The second kappa shape index (κ2) is 14.4. The molecule has 3 aliphatic rings. The van der Waals surface area contributed by atoms with Crippen molar-refractivity contribution in [3.63, 3.8) is 0 Å². The normalized spacial score (nSPS) is 17.8. The molecule has 9 rings (SSSR count). The Balaban J connectivity index is 1.38. The molecule has 281 valence electrons. The van der Waals surface area contributed by atoms with Crippen LogP contribution >= 0.6 is 17.0 Å². The predicted octanol–water partition coefficient (Wildman–Crippen LogP) is 12.6. The number of aryl methyl sites for hydroxylation is 4. The summed E-state index contributed by atoms with van der Waals surface area (Å²) in [5.41, 5.74) is 21.5. The van der Waals surface area contributed by atoms with Crippen molar-refractivity contribution in [2.75, 3.05) is 0 Å². The van der Waals surface area contributed by atoms with E-state index in [0.717, 1.165) is 25.7 Å². The number of halogens is 2. The molecule has 1 aliphatic heterocycles. The molecule has 0 saturated carbocycles. The molecule has 1 heterocycles. The van der Waals surface area contributed by atoms with E-state index in [-0.39, 0.29) is 7.25 Å². The van der Waals surface area contributed by atoms with Crippen LogP contribution in [-0.2, 0) is 29.2 Å². The van der Waals surface area contributed by atoms with Gasteiger partial charge in [-0.2, -0.15) is 0 Å². The van der Waals surface area contributed by atoms with Gasteiger partial charge in [0.25, 0.3) is 0 Å². The molecule has 0 amide bonds. The van der Waals surface area contributed by atoms with E-state index in [1.54, 1.807) is 0 Å². The van der Waals surface area contributed by atoms with Gasteiger partial charge in [-0.15, -0.1) is 0 Å². The quantitative estimate of drug-likeness (QED) is 0.127. The van der Waals surface area contributed by atoms with Crippen molar-refractivity contribution in [1.29, 1.82) is 0 Å². The molecule has 0 fully saturated rings. The zero-order valence-electron chi connectivity index (χ0n) is 33.6. The number of benzene rings is 6. The predicted molar refractivity (Wildman–Crippen MR) is 245 cm³/mol. The van der Waals surface area contributed by atoms with Gasteiger partial charge in [0, 0.05) is 0 Å². The van der Waals surface area contributed by atoms with Crippen molar-refractivity contribution in [2.45, 2.75) is 74.5 Å². The first-order valence-electron chi connectivity index (χ1n) is 20.8. The van der Waals surface area contributed by atoms with Crippen LogP contribution in [0.3, 0.4) is 0 Å². The third-order valence-electron chi connectivity index (χ3n) is 13.6. The fraction of sp³-hybridized carbons (Fsp3) is 0.231. The monoisotopic (exact) mass is 863 g/mol. The van der Waals surface area contributed by atoms with Crippen LogP contribution in [0.15, 0.2) is 126 Å². The summed E-state index contributed by atoms with van der Waals surface area (Å²) in [5, 5.41) is 2.98. The van der Waals surface area contributed by atoms with Gasteiger partial charge in [0.2, 0.25) is 0 Å². The Kier molecular flexibility index (Phi) is 9.77. The molecule has 0 saturated heterocycles. The van der Waals surface area contributed by atoms with Crippen LogP contribution in [0.1, 0.15) is 92.3 Å². The van der Waals surface area contributed by atoms with Gasteiger partial charge in [0.05, 0.1) is 0 Å². The van der Waals surface area contributed by atoms with Gasteiger partial charge >= 0.3 is 348 Å². The van der Waals surface area contributed by atoms with Gasteiger partial charge in [0.1, 0.15) is 0 Å². The van der Waals surface area contributed by atoms with E-state index in [9.17, 15) is 17.0 Å². The Bertz CT molecular complexity index is 2510.